The van der Waals surface area contributed by atoms with E-state index in [0.29, 0.717) is 25.4 Å². The topological polar surface area (TPSA) is 96.3 Å². The van der Waals surface area contributed by atoms with Crippen molar-refractivity contribution < 1.29 is 33.8 Å². The molecule has 174 valence electrons. The van der Waals surface area contributed by atoms with Crippen LogP contribution in [0.3, 0.4) is 0 Å². The number of quaternary nitrogens is 1. The minimum atomic E-state index is -0.961. The summed E-state index contributed by atoms with van der Waals surface area (Å²) in [6.07, 6.45) is 0.584. The van der Waals surface area contributed by atoms with Crippen LogP contribution in [-0.4, -0.2) is 87.9 Å². The van der Waals surface area contributed by atoms with Gasteiger partial charge in [-0.3, -0.25) is 0 Å². The van der Waals surface area contributed by atoms with Gasteiger partial charge in [-0.1, -0.05) is 13.8 Å². The third-order valence-electron chi connectivity index (χ3n) is 6.07. The van der Waals surface area contributed by atoms with Gasteiger partial charge >= 0.3 is 12.2 Å². The van der Waals surface area contributed by atoms with Gasteiger partial charge in [0, 0.05) is 18.9 Å². The molecule has 8 heteroatoms. The molecule has 30 heavy (non-hydrogen) atoms. The Morgan fingerprint density at radius 1 is 1.00 bits per heavy atom. The highest BCUT2D eigenvalue weighted by atomic mass is 16.6. The van der Waals surface area contributed by atoms with Gasteiger partial charge in [0.1, 0.15) is 18.2 Å². The first-order valence-electron chi connectivity index (χ1n) is 11.0. The van der Waals surface area contributed by atoms with Gasteiger partial charge in [0.25, 0.3) is 0 Å². The summed E-state index contributed by atoms with van der Waals surface area (Å²) in [5.41, 5.74) is -1.62. The van der Waals surface area contributed by atoms with Crippen molar-refractivity contribution in [1.29, 1.82) is 0 Å². The first-order chi connectivity index (χ1) is 13.7. The number of aliphatic hydroxyl groups excluding tert-OH is 2. The number of carbonyl (C=O) groups excluding carboxylic acids is 2. The van der Waals surface area contributed by atoms with Crippen LogP contribution in [0.2, 0.25) is 0 Å². The Kier molecular flexibility index (Phi) is 7.47. The summed E-state index contributed by atoms with van der Waals surface area (Å²) in [5, 5.41) is 19.7. The summed E-state index contributed by atoms with van der Waals surface area (Å²) >= 11 is 0. The number of hydrogen-bond donors (Lipinski definition) is 2. The molecule has 2 heterocycles. The molecule has 0 bridgehead atoms. The molecule has 2 saturated heterocycles. The summed E-state index contributed by atoms with van der Waals surface area (Å²) in [4.78, 5) is 27.8. The van der Waals surface area contributed by atoms with Crippen molar-refractivity contribution >= 4 is 12.2 Å². The highest BCUT2D eigenvalue weighted by molar-refractivity contribution is 5.69. The van der Waals surface area contributed by atoms with Crippen LogP contribution in [0.25, 0.3) is 0 Å². The molecule has 2 fully saturated rings. The van der Waals surface area contributed by atoms with E-state index < -0.39 is 23.4 Å². The lowest BCUT2D eigenvalue weighted by Crippen LogP contribution is -2.64. The third kappa shape index (κ3) is 5.65. The normalized spacial score (nSPS) is 32.4. The smallest absolute Gasteiger partial charge is 0.437 e. The summed E-state index contributed by atoms with van der Waals surface area (Å²) in [6, 6.07) is -0.542. The maximum absolute atomic E-state index is 13.3. The molecule has 0 aromatic heterocycles. The molecule has 0 aromatic carbocycles. The van der Waals surface area contributed by atoms with E-state index in [0.717, 1.165) is 6.42 Å². The lowest BCUT2D eigenvalue weighted by atomic mass is 10.1. The van der Waals surface area contributed by atoms with Crippen LogP contribution in [0.5, 0.6) is 0 Å². The number of hydrogen-bond acceptors (Lipinski definition) is 6. The van der Waals surface area contributed by atoms with Gasteiger partial charge in [0.15, 0.2) is 5.60 Å². The Morgan fingerprint density at radius 3 is 2.17 bits per heavy atom. The fourth-order valence-electron chi connectivity index (χ4n) is 5.07. The van der Waals surface area contributed by atoms with Crippen LogP contribution in [0, 0.1) is 11.8 Å². The van der Waals surface area contributed by atoms with Crippen molar-refractivity contribution in [1.82, 2.24) is 4.90 Å². The Bertz CT molecular complexity index is 632. The lowest BCUT2D eigenvalue weighted by molar-refractivity contribution is -0.878. The van der Waals surface area contributed by atoms with Gasteiger partial charge < -0.3 is 24.6 Å². The van der Waals surface area contributed by atoms with Gasteiger partial charge in [-0.25, -0.2) is 9.28 Å². The first kappa shape index (κ1) is 24.9. The van der Waals surface area contributed by atoms with Crippen LogP contribution >= 0.6 is 0 Å². The lowest BCUT2D eigenvalue weighted by Gasteiger charge is -2.42. The van der Waals surface area contributed by atoms with Gasteiger partial charge in [-0.05, 0) is 47.0 Å². The molecule has 0 saturated carbocycles. The van der Waals surface area contributed by atoms with E-state index in [1.807, 2.05) is 27.7 Å². The van der Waals surface area contributed by atoms with E-state index in [4.69, 9.17) is 9.47 Å². The van der Waals surface area contributed by atoms with Gasteiger partial charge in [0.2, 0.25) is 0 Å². The molecule has 3 unspecified atom stereocenters. The zero-order valence-electron chi connectivity index (χ0n) is 19.7. The summed E-state index contributed by atoms with van der Waals surface area (Å²) in [5.74, 6) is 0.538. The molecule has 2 aliphatic heterocycles. The molecule has 0 aliphatic carbocycles. The number of rotatable bonds is 5. The Morgan fingerprint density at radius 2 is 1.63 bits per heavy atom. The third-order valence-corrected chi connectivity index (χ3v) is 6.07. The van der Waals surface area contributed by atoms with Gasteiger partial charge in [-0.2, -0.15) is 4.79 Å². The fourth-order valence-corrected chi connectivity index (χ4v) is 5.07. The standard InChI is InChI=1S/C22H41N2O6/c1-15-8-17(12-25)23(10-15)19(27)29-22(6,7)14-24(20(28)30-21(3,4)5)11-16(2)9-18(24)13-26/h15-18,25-26H,8-14H2,1-7H3/q+1/t15-,16?,17+,18?,24?/m0/s1. The SMILES string of the molecule is CC1CC(CO)[N+](CC(C)(C)OC(=O)N2C[C@@H](C)C[C@@H]2CO)(C(=O)OC(C)(C)C)C1. The van der Waals surface area contributed by atoms with E-state index in [1.165, 1.54) is 0 Å². The summed E-state index contributed by atoms with van der Waals surface area (Å²) < 4.78 is 11.6. The molecular weight excluding hydrogens is 388 g/mol. The Balaban J connectivity index is 2.23. The predicted octanol–water partition coefficient (Wildman–Crippen LogP) is 2.76. The van der Waals surface area contributed by atoms with Crippen molar-refractivity contribution in [2.45, 2.75) is 84.6 Å². The number of aliphatic hydroxyl groups is 2. The molecule has 2 N–H and O–H groups in total. The zero-order valence-corrected chi connectivity index (χ0v) is 19.7. The maximum atomic E-state index is 13.3. The van der Waals surface area contributed by atoms with Crippen LogP contribution in [0.1, 0.15) is 61.3 Å². The van der Waals surface area contributed by atoms with Crippen molar-refractivity contribution in [3.63, 3.8) is 0 Å². The van der Waals surface area contributed by atoms with Crippen LogP contribution < -0.4 is 0 Å². The van der Waals surface area contributed by atoms with Crippen LogP contribution in [0.15, 0.2) is 0 Å². The molecule has 2 amide bonds. The molecule has 2 aliphatic rings. The number of ether oxygens (including phenoxy) is 2. The van der Waals surface area contributed by atoms with E-state index in [2.05, 4.69) is 6.92 Å². The predicted molar refractivity (Wildman–Crippen MR) is 113 cm³/mol. The van der Waals surface area contributed by atoms with E-state index in [-0.39, 0.29) is 42.2 Å². The largest absolute Gasteiger partial charge is 0.516 e. The quantitative estimate of drug-likeness (QED) is 0.653. The van der Waals surface area contributed by atoms with Crippen molar-refractivity contribution in [3.8, 4) is 0 Å². The molecular formula is C22H41N2O6+. The van der Waals surface area contributed by atoms with Crippen molar-refractivity contribution in [3.05, 3.63) is 0 Å². The van der Waals surface area contributed by atoms with Crippen molar-refractivity contribution in [2.24, 2.45) is 11.8 Å². The molecule has 0 radical (unpaired) electrons. The van der Waals surface area contributed by atoms with Crippen LogP contribution in [-0.2, 0) is 9.47 Å². The average Bonchev–Trinajstić information content (AvgIpc) is 3.12. The fraction of sp³-hybridized carbons (Fsp3) is 0.909. The summed E-state index contributed by atoms with van der Waals surface area (Å²) in [6.45, 7) is 14.2. The number of carbonyl (C=O) groups is 2. The average molecular weight is 430 g/mol. The second-order valence-corrected chi connectivity index (χ2v) is 11.0. The highest BCUT2D eigenvalue weighted by Crippen LogP contribution is 2.36. The highest BCUT2D eigenvalue weighted by Gasteiger charge is 2.56. The molecule has 5 atom stereocenters. The molecule has 0 spiro atoms. The minimum absolute atomic E-state index is 0.0605. The Labute approximate surface area is 180 Å². The monoisotopic (exact) mass is 429 g/mol. The van der Waals surface area contributed by atoms with Crippen molar-refractivity contribution in [2.75, 3.05) is 32.8 Å². The Hall–Kier alpha value is -1.38. The molecule has 2 rings (SSSR count). The number of nitrogens with zero attached hydrogens (tertiary/aromatic N) is 2. The second kappa shape index (κ2) is 9.01. The first-order valence-corrected chi connectivity index (χ1v) is 11.0. The maximum Gasteiger partial charge on any atom is 0.516 e. The zero-order chi connectivity index (χ0) is 22.9. The van der Waals surface area contributed by atoms with E-state index in [9.17, 15) is 19.8 Å². The summed E-state index contributed by atoms with van der Waals surface area (Å²) in [7, 11) is 0. The van der Waals surface area contributed by atoms with Gasteiger partial charge in [-0.15, -0.1) is 0 Å². The number of amides is 2. The second-order valence-electron chi connectivity index (χ2n) is 11.0. The van der Waals surface area contributed by atoms with E-state index >= 15 is 0 Å². The van der Waals surface area contributed by atoms with Gasteiger partial charge in [0.05, 0.1) is 25.8 Å². The minimum Gasteiger partial charge on any atom is -0.437 e. The molecule has 0 aromatic rings. The molecule has 8 nitrogen and oxygen atoms in total. The van der Waals surface area contributed by atoms with Crippen LogP contribution in [0.4, 0.5) is 9.59 Å². The van der Waals surface area contributed by atoms with E-state index in [1.54, 1.807) is 18.7 Å². The number of likely N-dealkylation sites (tertiary alicyclic amines) is 2.